The van der Waals surface area contributed by atoms with Crippen molar-refractivity contribution < 1.29 is 14.3 Å². The summed E-state index contributed by atoms with van der Waals surface area (Å²) < 4.78 is 5.38. The van der Waals surface area contributed by atoms with E-state index < -0.39 is 0 Å². The lowest BCUT2D eigenvalue weighted by Crippen LogP contribution is -2.34. The number of hydrogen-bond donors (Lipinski definition) is 2. The number of anilines is 1. The van der Waals surface area contributed by atoms with Gasteiger partial charge in [-0.05, 0) is 43.2 Å². The molecule has 1 fully saturated rings. The number of amides is 3. The predicted molar refractivity (Wildman–Crippen MR) is 109 cm³/mol. The molecule has 1 aliphatic rings. The van der Waals surface area contributed by atoms with Gasteiger partial charge in [-0.1, -0.05) is 30.3 Å². The minimum absolute atomic E-state index is 0.148. The van der Waals surface area contributed by atoms with Crippen LogP contribution in [-0.2, 0) is 11.2 Å². The van der Waals surface area contributed by atoms with Crippen molar-refractivity contribution in [1.29, 1.82) is 0 Å². The van der Waals surface area contributed by atoms with Crippen molar-refractivity contribution in [2.75, 3.05) is 31.6 Å². The van der Waals surface area contributed by atoms with E-state index in [-0.39, 0.29) is 17.9 Å². The zero-order valence-corrected chi connectivity index (χ0v) is 16.2. The van der Waals surface area contributed by atoms with E-state index in [0.717, 1.165) is 18.7 Å². The maximum atomic E-state index is 12.2. The lowest BCUT2D eigenvalue weighted by atomic mass is 10.1. The summed E-state index contributed by atoms with van der Waals surface area (Å²) in [6.07, 6.45) is 1.34. The van der Waals surface area contributed by atoms with E-state index in [9.17, 15) is 9.59 Å². The molecule has 1 saturated heterocycles. The highest BCUT2D eigenvalue weighted by molar-refractivity contribution is 5.89. The molecule has 2 N–H and O–H groups in total. The maximum Gasteiger partial charge on any atom is 0.319 e. The van der Waals surface area contributed by atoms with E-state index in [4.69, 9.17) is 4.74 Å². The molecule has 0 radical (unpaired) electrons. The SMILES string of the molecule is CCOc1ccc(NC(=O)NC[C@@H]2CC(=O)N(CCc3ccccc3)C2)cc1. The van der Waals surface area contributed by atoms with Gasteiger partial charge < -0.3 is 20.3 Å². The monoisotopic (exact) mass is 381 g/mol. The van der Waals surface area contributed by atoms with Crippen molar-refractivity contribution in [2.24, 2.45) is 5.92 Å². The van der Waals surface area contributed by atoms with Gasteiger partial charge in [-0.15, -0.1) is 0 Å². The molecule has 0 aromatic heterocycles. The molecule has 6 nitrogen and oxygen atoms in total. The quantitative estimate of drug-likeness (QED) is 0.737. The van der Waals surface area contributed by atoms with E-state index in [1.807, 2.05) is 42.2 Å². The van der Waals surface area contributed by atoms with Crippen LogP contribution in [0.15, 0.2) is 54.6 Å². The molecule has 28 heavy (non-hydrogen) atoms. The zero-order chi connectivity index (χ0) is 19.8. The third kappa shape index (κ3) is 5.74. The number of likely N-dealkylation sites (tertiary alicyclic amines) is 1. The number of ether oxygens (including phenoxy) is 1. The van der Waals surface area contributed by atoms with E-state index in [1.165, 1.54) is 5.56 Å². The number of carbonyl (C=O) groups is 2. The first kappa shape index (κ1) is 19.7. The number of rotatable bonds is 8. The molecule has 0 aliphatic carbocycles. The van der Waals surface area contributed by atoms with Gasteiger partial charge in [-0.25, -0.2) is 4.79 Å². The van der Waals surface area contributed by atoms with Crippen LogP contribution < -0.4 is 15.4 Å². The fraction of sp³-hybridized carbons (Fsp3) is 0.364. The van der Waals surface area contributed by atoms with E-state index in [2.05, 4.69) is 22.8 Å². The van der Waals surface area contributed by atoms with Crippen LogP contribution >= 0.6 is 0 Å². The Morgan fingerprint density at radius 3 is 2.61 bits per heavy atom. The summed E-state index contributed by atoms with van der Waals surface area (Å²) in [6, 6.07) is 17.1. The molecule has 148 valence electrons. The summed E-state index contributed by atoms with van der Waals surface area (Å²) in [5.74, 6) is 1.08. The molecular formula is C22H27N3O3. The van der Waals surface area contributed by atoms with Gasteiger partial charge in [-0.3, -0.25) is 4.79 Å². The molecule has 1 heterocycles. The van der Waals surface area contributed by atoms with Gasteiger partial charge >= 0.3 is 6.03 Å². The Kier molecular flexibility index (Phi) is 6.89. The molecule has 1 atom stereocenters. The Balaban J connectivity index is 1.39. The highest BCUT2D eigenvalue weighted by atomic mass is 16.5. The number of carbonyl (C=O) groups excluding carboxylic acids is 2. The first-order valence-corrected chi connectivity index (χ1v) is 9.73. The molecule has 2 aromatic rings. The fourth-order valence-corrected chi connectivity index (χ4v) is 3.33. The highest BCUT2D eigenvalue weighted by Gasteiger charge is 2.29. The molecule has 3 amide bonds. The lowest BCUT2D eigenvalue weighted by Gasteiger charge is -2.17. The van der Waals surface area contributed by atoms with Crippen molar-refractivity contribution in [2.45, 2.75) is 19.8 Å². The smallest absolute Gasteiger partial charge is 0.319 e. The Morgan fingerprint density at radius 1 is 1.14 bits per heavy atom. The van der Waals surface area contributed by atoms with Crippen molar-refractivity contribution in [1.82, 2.24) is 10.2 Å². The summed E-state index contributed by atoms with van der Waals surface area (Å²) >= 11 is 0. The Hall–Kier alpha value is -3.02. The summed E-state index contributed by atoms with van der Waals surface area (Å²) in [5, 5.41) is 5.67. The van der Waals surface area contributed by atoms with Crippen LogP contribution in [-0.4, -0.2) is 43.1 Å². The minimum Gasteiger partial charge on any atom is -0.494 e. The molecule has 0 unspecified atom stereocenters. The average molecular weight is 381 g/mol. The Morgan fingerprint density at radius 2 is 1.89 bits per heavy atom. The average Bonchev–Trinajstić information content (AvgIpc) is 3.07. The van der Waals surface area contributed by atoms with Crippen LogP contribution in [0, 0.1) is 5.92 Å². The van der Waals surface area contributed by atoms with E-state index in [0.29, 0.717) is 31.8 Å². The summed E-state index contributed by atoms with van der Waals surface area (Å²) in [6.45, 7) is 4.43. The second-order valence-electron chi connectivity index (χ2n) is 6.94. The number of hydrogen-bond acceptors (Lipinski definition) is 3. The van der Waals surface area contributed by atoms with Gasteiger partial charge in [0, 0.05) is 37.7 Å². The maximum absolute atomic E-state index is 12.2. The molecule has 0 spiro atoms. The third-order valence-electron chi connectivity index (χ3n) is 4.78. The molecular weight excluding hydrogens is 354 g/mol. The summed E-state index contributed by atoms with van der Waals surface area (Å²) in [7, 11) is 0. The van der Waals surface area contributed by atoms with Gasteiger partial charge in [0.05, 0.1) is 6.61 Å². The second-order valence-corrected chi connectivity index (χ2v) is 6.94. The van der Waals surface area contributed by atoms with Gasteiger partial charge in [0.15, 0.2) is 0 Å². The molecule has 0 bridgehead atoms. The van der Waals surface area contributed by atoms with E-state index >= 15 is 0 Å². The fourth-order valence-electron chi connectivity index (χ4n) is 3.33. The minimum atomic E-state index is -0.264. The van der Waals surface area contributed by atoms with E-state index in [1.54, 1.807) is 12.1 Å². The zero-order valence-electron chi connectivity index (χ0n) is 16.2. The molecule has 6 heteroatoms. The van der Waals surface area contributed by atoms with Crippen molar-refractivity contribution in [3.63, 3.8) is 0 Å². The van der Waals surface area contributed by atoms with Crippen LogP contribution in [0.3, 0.4) is 0 Å². The van der Waals surface area contributed by atoms with Crippen LogP contribution in [0.5, 0.6) is 5.75 Å². The van der Waals surface area contributed by atoms with Gasteiger partial charge in [0.25, 0.3) is 0 Å². The van der Waals surface area contributed by atoms with Gasteiger partial charge in [0.2, 0.25) is 5.91 Å². The van der Waals surface area contributed by atoms with Crippen molar-refractivity contribution >= 4 is 17.6 Å². The Labute approximate surface area is 165 Å². The first-order chi connectivity index (χ1) is 13.6. The first-order valence-electron chi connectivity index (χ1n) is 9.73. The number of benzene rings is 2. The van der Waals surface area contributed by atoms with Gasteiger partial charge in [0.1, 0.15) is 5.75 Å². The predicted octanol–water partition coefficient (Wildman–Crippen LogP) is 3.30. The van der Waals surface area contributed by atoms with Crippen LogP contribution in [0.4, 0.5) is 10.5 Å². The van der Waals surface area contributed by atoms with Crippen molar-refractivity contribution in [3.8, 4) is 5.75 Å². The number of nitrogens with one attached hydrogen (secondary N) is 2. The van der Waals surface area contributed by atoms with Crippen LogP contribution in [0.2, 0.25) is 0 Å². The highest BCUT2D eigenvalue weighted by Crippen LogP contribution is 2.18. The second kappa shape index (κ2) is 9.78. The largest absolute Gasteiger partial charge is 0.494 e. The van der Waals surface area contributed by atoms with Gasteiger partial charge in [-0.2, -0.15) is 0 Å². The third-order valence-corrected chi connectivity index (χ3v) is 4.78. The number of urea groups is 1. The normalized spacial score (nSPS) is 16.1. The molecule has 1 aliphatic heterocycles. The molecule has 3 rings (SSSR count). The summed E-state index contributed by atoms with van der Waals surface area (Å²) in [4.78, 5) is 26.2. The lowest BCUT2D eigenvalue weighted by molar-refractivity contribution is -0.127. The molecule has 0 saturated carbocycles. The standard InChI is InChI=1S/C22H27N3O3/c1-2-28-20-10-8-19(9-11-20)24-22(27)23-15-18-14-21(26)25(16-18)13-12-17-6-4-3-5-7-17/h3-11,18H,2,12-16H2,1H3,(H2,23,24,27)/t18-/m0/s1. The Bertz CT molecular complexity index is 777. The summed E-state index contributed by atoms with van der Waals surface area (Å²) in [5.41, 5.74) is 1.93. The molecule has 2 aromatic carbocycles. The number of nitrogens with zero attached hydrogens (tertiary/aromatic N) is 1. The van der Waals surface area contributed by atoms with Crippen molar-refractivity contribution in [3.05, 3.63) is 60.2 Å². The van der Waals surface area contributed by atoms with Crippen LogP contribution in [0.25, 0.3) is 0 Å². The topological polar surface area (TPSA) is 70.7 Å². The van der Waals surface area contributed by atoms with Crippen LogP contribution in [0.1, 0.15) is 18.9 Å².